The molecule has 4 rings (SSSR count). The molecule has 0 spiro atoms. The second kappa shape index (κ2) is 7.79. The van der Waals surface area contributed by atoms with Crippen LogP contribution in [0.3, 0.4) is 0 Å². The van der Waals surface area contributed by atoms with E-state index < -0.39 is 5.91 Å². The Hall–Kier alpha value is -3.24. The number of nitrogens with one attached hydrogen (secondary N) is 1. The molecule has 10 heteroatoms. The van der Waals surface area contributed by atoms with E-state index in [1.807, 2.05) is 30.3 Å². The second-order valence-electron chi connectivity index (χ2n) is 5.67. The maximum absolute atomic E-state index is 12.3. The Balaban J connectivity index is 1.51. The number of carbonyl (C=O) groups is 2. The van der Waals surface area contributed by atoms with E-state index in [0.717, 1.165) is 11.1 Å². The van der Waals surface area contributed by atoms with Crippen LogP contribution in [0.25, 0.3) is 16.7 Å². The van der Waals surface area contributed by atoms with E-state index in [4.69, 9.17) is 5.73 Å². The van der Waals surface area contributed by atoms with Crippen molar-refractivity contribution < 1.29 is 9.59 Å². The van der Waals surface area contributed by atoms with Crippen molar-refractivity contribution in [1.29, 1.82) is 0 Å². The number of fused-ring (bicyclic) bond motifs is 1. The Morgan fingerprint density at radius 3 is 2.79 bits per heavy atom. The van der Waals surface area contributed by atoms with Gasteiger partial charge in [-0.15, -0.1) is 11.3 Å². The Morgan fingerprint density at radius 1 is 1.18 bits per heavy atom. The van der Waals surface area contributed by atoms with E-state index in [2.05, 4.69) is 20.4 Å². The Morgan fingerprint density at radius 2 is 2.00 bits per heavy atom. The van der Waals surface area contributed by atoms with E-state index in [1.165, 1.54) is 29.4 Å². The van der Waals surface area contributed by atoms with E-state index in [1.54, 1.807) is 22.3 Å². The third kappa shape index (κ3) is 3.59. The van der Waals surface area contributed by atoms with Crippen LogP contribution < -0.4 is 11.1 Å². The molecule has 28 heavy (non-hydrogen) atoms. The van der Waals surface area contributed by atoms with Gasteiger partial charge < -0.3 is 11.1 Å². The lowest BCUT2D eigenvalue weighted by Crippen LogP contribution is -2.17. The number of amides is 2. The van der Waals surface area contributed by atoms with Gasteiger partial charge in [0, 0.05) is 0 Å². The molecule has 3 aromatic heterocycles. The summed E-state index contributed by atoms with van der Waals surface area (Å²) in [4.78, 5) is 32.2. The Kier molecular flexibility index (Phi) is 5.04. The Bertz CT molecular complexity index is 1160. The molecule has 0 saturated heterocycles. The molecule has 0 unspecified atom stereocenters. The van der Waals surface area contributed by atoms with E-state index in [0.29, 0.717) is 21.2 Å². The monoisotopic (exact) mass is 410 g/mol. The molecule has 3 N–H and O–H groups in total. The zero-order chi connectivity index (χ0) is 19.5. The van der Waals surface area contributed by atoms with Crippen molar-refractivity contribution in [3.63, 3.8) is 0 Å². The standard InChI is InChI=1S/C18H14N6O2S2/c19-15(26)12-6-7-27-18(12)23-14(25)9-28-17-13-8-22-24(16(13)20-10-21-17)11-4-2-1-3-5-11/h1-8,10H,9H2,(H2,19,26)(H,23,25). The van der Waals surface area contributed by atoms with Gasteiger partial charge in [0.25, 0.3) is 5.91 Å². The molecule has 0 bridgehead atoms. The summed E-state index contributed by atoms with van der Waals surface area (Å²) in [5.41, 5.74) is 7.16. The van der Waals surface area contributed by atoms with Crippen LogP contribution in [-0.2, 0) is 4.79 Å². The molecule has 4 aromatic rings. The number of thiophene rings is 1. The summed E-state index contributed by atoms with van der Waals surface area (Å²) >= 11 is 2.52. The van der Waals surface area contributed by atoms with Gasteiger partial charge in [0.15, 0.2) is 5.65 Å². The van der Waals surface area contributed by atoms with E-state index in [-0.39, 0.29) is 11.7 Å². The van der Waals surface area contributed by atoms with Gasteiger partial charge in [-0.05, 0) is 23.6 Å². The molecule has 3 heterocycles. The average Bonchev–Trinajstić information content (AvgIpc) is 3.34. The van der Waals surface area contributed by atoms with Gasteiger partial charge in [-0.1, -0.05) is 30.0 Å². The highest BCUT2D eigenvalue weighted by Crippen LogP contribution is 2.27. The fourth-order valence-electron chi connectivity index (χ4n) is 2.59. The number of nitrogens with zero attached hydrogens (tertiary/aromatic N) is 4. The molecule has 140 valence electrons. The minimum atomic E-state index is -0.574. The quantitative estimate of drug-likeness (QED) is 0.373. The van der Waals surface area contributed by atoms with Crippen molar-refractivity contribution in [3.05, 3.63) is 59.9 Å². The fraction of sp³-hybridized carbons (Fsp3) is 0.0556. The number of para-hydroxylation sites is 1. The number of nitrogens with two attached hydrogens (primary N) is 1. The van der Waals surface area contributed by atoms with Crippen LogP contribution in [0.1, 0.15) is 10.4 Å². The number of primary amides is 1. The smallest absolute Gasteiger partial charge is 0.251 e. The molecular weight excluding hydrogens is 396 g/mol. The van der Waals surface area contributed by atoms with Crippen LogP contribution >= 0.6 is 23.1 Å². The van der Waals surface area contributed by atoms with Gasteiger partial charge in [0.2, 0.25) is 5.91 Å². The summed E-state index contributed by atoms with van der Waals surface area (Å²) < 4.78 is 1.73. The SMILES string of the molecule is NC(=O)c1ccsc1NC(=O)CSc1ncnc2c1cnn2-c1ccccc1. The van der Waals surface area contributed by atoms with Crippen molar-refractivity contribution in [2.75, 3.05) is 11.1 Å². The lowest BCUT2D eigenvalue weighted by atomic mass is 10.3. The first-order valence-corrected chi connectivity index (χ1v) is 10.0. The van der Waals surface area contributed by atoms with Crippen molar-refractivity contribution in [3.8, 4) is 5.69 Å². The molecule has 0 radical (unpaired) electrons. The zero-order valence-electron chi connectivity index (χ0n) is 14.4. The van der Waals surface area contributed by atoms with Crippen LogP contribution in [0.15, 0.2) is 59.3 Å². The first-order chi connectivity index (χ1) is 13.6. The van der Waals surface area contributed by atoms with Gasteiger partial charge >= 0.3 is 0 Å². The van der Waals surface area contributed by atoms with Crippen molar-refractivity contribution in [2.45, 2.75) is 5.03 Å². The normalized spacial score (nSPS) is 10.9. The Labute approximate surface area is 167 Å². The lowest BCUT2D eigenvalue weighted by Gasteiger charge is -2.05. The molecule has 0 saturated carbocycles. The van der Waals surface area contributed by atoms with Crippen molar-refractivity contribution >= 4 is 50.9 Å². The van der Waals surface area contributed by atoms with Crippen LogP contribution in [0.4, 0.5) is 5.00 Å². The summed E-state index contributed by atoms with van der Waals surface area (Å²) in [5, 5.41) is 10.7. The highest BCUT2D eigenvalue weighted by molar-refractivity contribution is 8.00. The molecule has 0 aliphatic heterocycles. The topological polar surface area (TPSA) is 116 Å². The number of hydrogen-bond donors (Lipinski definition) is 2. The molecule has 0 aliphatic rings. The molecule has 0 aliphatic carbocycles. The highest BCUT2D eigenvalue weighted by atomic mass is 32.2. The largest absolute Gasteiger partial charge is 0.366 e. The minimum absolute atomic E-state index is 0.124. The molecule has 8 nitrogen and oxygen atoms in total. The van der Waals surface area contributed by atoms with E-state index in [9.17, 15) is 9.59 Å². The number of hydrogen-bond acceptors (Lipinski definition) is 7. The molecule has 2 amide bonds. The molecular formula is C18H14N6O2S2. The maximum atomic E-state index is 12.3. The van der Waals surface area contributed by atoms with Gasteiger partial charge in [-0.2, -0.15) is 5.10 Å². The van der Waals surface area contributed by atoms with Crippen LogP contribution in [-0.4, -0.2) is 37.3 Å². The number of benzene rings is 1. The summed E-state index contributed by atoms with van der Waals surface area (Å²) in [5.74, 6) is -0.703. The lowest BCUT2D eigenvalue weighted by molar-refractivity contribution is -0.113. The second-order valence-corrected chi connectivity index (χ2v) is 7.55. The third-order valence-corrected chi connectivity index (χ3v) is 5.69. The first kappa shape index (κ1) is 18.1. The summed E-state index contributed by atoms with van der Waals surface area (Å²) in [6, 6.07) is 11.2. The van der Waals surface area contributed by atoms with Crippen LogP contribution in [0.5, 0.6) is 0 Å². The molecule has 0 atom stereocenters. The molecule has 1 aromatic carbocycles. The number of rotatable bonds is 6. The number of thioether (sulfide) groups is 1. The maximum Gasteiger partial charge on any atom is 0.251 e. The highest BCUT2D eigenvalue weighted by Gasteiger charge is 2.15. The van der Waals surface area contributed by atoms with Gasteiger partial charge in [-0.3, -0.25) is 9.59 Å². The third-order valence-electron chi connectivity index (χ3n) is 3.85. The molecule has 0 fully saturated rings. The number of anilines is 1. The zero-order valence-corrected chi connectivity index (χ0v) is 16.0. The minimum Gasteiger partial charge on any atom is -0.366 e. The fourth-order valence-corrected chi connectivity index (χ4v) is 4.16. The predicted molar refractivity (Wildman–Crippen MR) is 109 cm³/mol. The first-order valence-electron chi connectivity index (χ1n) is 8.17. The van der Waals surface area contributed by atoms with Crippen molar-refractivity contribution in [2.24, 2.45) is 5.73 Å². The number of carbonyl (C=O) groups excluding carboxylic acids is 2. The predicted octanol–water partition coefficient (Wildman–Crippen LogP) is 2.71. The van der Waals surface area contributed by atoms with Crippen molar-refractivity contribution in [1.82, 2.24) is 19.7 Å². The van der Waals surface area contributed by atoms with Gasteiger partial charge in [0.1, 0.15) is 16.4 Å². The van der Waals surface area contributed by atoms with Crippen LogP contribution in [0.2, 0.25) is 0 Å². The summed E-state index contributed by atoms with van der Waals surface area (Å²) in [6.45, 7) is 0. The average molecular weight is 410 g/mol. The van der Waals surface area contributed by atoms with E-state index >= 15 is 0 Å². The number of aromatic nitrogens is 4. The van der Waals surface area contributed by atoms with Gasteiger partial charge in [-0.25, -0.2) is 14.6 Å². The van der Waals surface area contributed by atoms with Crippen LogP contribution in [0, 0.1) is 0 Å². The summed E-state index contributed by atoms with van der Waals surface area (Å²) in [7, 11) is 0. The van der Waals surface area contributed by atoms with Gasteiger partial charge in [0.05, 0.1) is 28.6 Å². The summed E-state index contributed by atoms with van der Waals surface area (Å²) in [6.07, 6.45) is 3.14.